The Morgan fingerprint density at radius 1 is 1.43 bits per heavy atom. The van der Waals surface area contributed by atoms with Crippen molar-refractivity contribution in [1.29, 1.82) is 0 Å². The molecule has 1 aromatic rings. The Bertz CT molecular complexity index is 308. The molecule has 0 radical (unpaired) electrons. The van der Waals surface area contributed by atoms with Gasteiger partial charge in [0.2, 0.25) is 0 Å². The number of rotatable bonds is 2. The number of nitrogens with zero attached hydrogens (tertiary/aromatic N) is 3. The minimum atomic E-state index is 0.529. The van der Waals surface area contributed by atoms with Gasteiger partial charge in [0, 0.05) is 6.04 Å². The van der Waals surface area contributed by atoms with Crippen LogP contribution in [0.25, 0.3) is 0 Å². The lowest BCUT2D eigenvalue weighted by atomic mass is 10.2. The molecule has 3 nitrogen and oxygen atoms in total. The Morgan fingerprint density at radius 2 is 2.21 bits per heavy atom. The molecule has 1 atom stereocenters. The fourth-order valence-corrected chi connectivity index (χ4v) is 2.97. The summed E-state index contributed by atoms with van der Waals surface area (Å²) in [6.45, 7) is 7.75. The van der Waals surface area contributed by atoms with Crippen LogP contribution in [0.3, 0.4) is 0 Å². The van der Waals surface area contributed by atoms with Crippen molar-refractivity contribution in [2.24, 2.45) is 0 Å². The molecule has 0 spiro atoms. The second-order valence-electron chi connectivity index (χ2n) is 4.15. The molecular formula is C10H17N3S. The van der Waals surface area contributed by atoms with Gasteiger partial charge in [0.25, 0.3) is 0 Å². The van der Waals surface area contributed by atoms with E-state index in [1.807, 2.05) is 6.92 Å². The minimum absolute atomic E-state index is 0.529. The number of aryl methyl sites for hydroxylation is 1. The van der Waals surface area contributed by atoms with Crippen molar-refractivity contribution in [3.63, 3.8) is 0 Å². The summed E-state index contributed by atoms with van der Waals surface area (Å²) in [5, 5.41) is 10.6. The molecule has 0 aromatic carbocycles. The molecule has 0 N–H and O–H groups in total. The highest BCUT2D eigenvalue weighted by molar-refractivity contribution is 7.11. The summed E-state index contributed by atoms with van der Waals surface area (Å²) in [6, 6.07) is 1.15. The van der Waals surface area contributed by atoms with E-state index in [9.17, 15) is 0 Å². The average Bonchev–Trinajstić information content (AvgIpc) is 2.70. The molecule has 1 fully saturated rings. The number of likely N-dealkylation sites (tertiary alicyclic amines) is 1. The van der Waals surface area contributed by atoms with Crippen LogP contribution in [0, 0.1) is 6.92 Å². The van der Waals surface area contributed by atoms with Gasteiger partial charge in [-0.05, 0) is 40.2 Å². The zero-order valence-corrected chi connectivity index (χ0v) is 9.84. The predicted molar refractivity (Wildman–Crippen MR) is 58.5 cm³/mol. The molecular weight excluding hydrogens is 194 g/mol. The molecule has 1 aliphatic rings. The van der Waals surface area contributed by atoms with Crippen LogP contribution in [-0.2, 0) is 0 Å². The van der Waals surface area contributed by atoms with Crippen LogP contribution in [0.5, 0.6) is 0 Å². The summed E-state index contributed by atoms with van der Waals surface area (Å²) in [5.41, 5.74) is 0. The van der Waals surface area contributed by atoms with Crippen molar-refractivity contribution >= 4 is 11.3 Å². The normalized spacial score (nSPS) is 23.6. The van der Waals surface area contributed by atoms with E-state index in [4.69, 9.17) is 0 Å². The second kappa shape index (κ2) is 3.95. The highest BCUT2D eigenvalue weighted by Gasteiger charge is 2.30. The molecule has 14 heavy (non-hydrogen) atoms. The van der Waals surface area contributed by atoms with Crippen molar-refractivity contribution in [3.05, 3.63) is 10.0 Å². The maximum absolute atomic E-state index is 4.26. The van der Waals surface area contributed by atoms with E-state index >= 15 is 0 Å². The maximum atomic E-state index is 4.26. The van der Waals surface area contributed by atoms with Crippen molar-refractivity contribution in [1.82, 2.24) is 15.1 Å². The molecule has 0 amide bonds. The van der Waals surface area contributed by atoms with E-state index in [0.717, 1.165) is 5.01 Å². The summed E-state index contributed by atoms with van der Waals surface area (Å²) in [4.78, 5) is 2.53. The lowest BCUT2D eigenvalue weighted by Crippen LogP contribution is -2.30. The van der Waals surface area contributed by atoms with Gasteiger partial charge in [0.15, 0.2) is 0 Å². The molecule has 1 aromatic heterocycles. The molecule has 1 aliphatic heterocycles. The van der Waals surface area contributed by atoms with E-state index in [1.54, 1.807) is 11.3 Å². The Labute approximate surface area is 89.2 Å². The molecule has 4 heteroatoms. The quantitative estimate of drug-likeness (QED) is 0.752. The number of hydrogen-bond donors (Lipinski definition) is 0. The zero-order chi connectivity index (χ0) is 10.1. The Morgan fingerprint density at radius 3 is 2.79 bits per heavy atom. The first-order chi connectivity index (χ1) is 6.68. The Hall–Kier alpha value is -0.480. The number of hydrogen-bond acceptors (Lipinski definition) is 4. The molecule has 1 unspecified atom stereocenters. The third-order valence-electron chi connectivity index (χ3n) is 2.78. The lowest BCUT2D eigenvalue weighted by molar-refractivity contribution is 0.204. The van der Waals surface area contributed by atoms with E-state index in [-0.39, 0.29) is 0 Å². The van der Waals surface area contributed by atoms with Crippen LogP contribution in [0.1, 0.15) is 42.7 Å². The standard InChI is InChI=1S/C10H17N3S/c1-7(2)13-6-4-5-9(13)10-12-11-8(3)14-10/h7,9H,4-6H2,1-3H3. The van der Waals surface area contributed by atoms with Crippen LogP contribution in [-0.4, -0.2) is 27.7 Å². The van der Waals surface area contributed by atoms with E-state index < -0.39 is 0 Å². The summed E-state index contributed by atoms with van der Waals surface area (Å²) >= 11 is 1.74. The lowest BCUT2D eigenvalue weighted by Gasteiger charge is -2.26. The second-order valence-corrected chi connectivity index (χ2v) is 5.36. The fraction of sp³-hybridized carbons (Fsp3) is 0.800. The first kappa shape index (κ1) is 10.1. The van der Waals surface area contributed by atoms with Gasteiger partial charge in [-0.15, -0.1) is 21.5 Å². The van der Waals surface area contributed by atoms with Gasteiger partial charge in [-0.1, -0.05) is 0 Å². The highest BCUT2D eigenvalue weighted by atomic mass is 32.1. The van der Waals surface area contributed by atoms with Gasteiger partial charge in [-0.25, -0.2) is 0 Å². The first-order valence-electron chi connectivity index (χ1n) is 5.24. The third kappa shape index (κ3) is 1.81. The zero-order valence-electron chi connectivity index (χ0n) is 9.03. The molecule has 0 aliphatic carbocycles. The van der Waals surface area contributed by atoms with Crippen LogP contribution in [0.4, 0.5) is 0 Å². The van der Waals surface area contributed by atoms with Crippen molar-refractivity contribution in [2.45, 2.75) is 45.7 Å². The highest BCUT2D eigenvalue weighted by Crippen LogP contribution is 2.34. The average molecular weight is 211 g/mol. The molecule has 0 saturated carbocycles. The van der Waals surface area contributed by atoms with Gasteiger partial charge in [0.1, 0.15) is 10.0 Å². The smallest absolute Gasteiger partial charge is 0.134 e. The van der Waals surface area contributed by atoms with E-state index in [1.165, 1.54) is 24.4 Å². The van der Waals surface area contributed by atoms with Gasteiger partial charge in [-0.2, -0.15) is 0 Å². The van der Waals surface area contributed by atoms with Crippen LogP contribution >= 0.6 is 11.3 Å². The molecule has 0 bridgehead atoms. The summed E-state index contributed by atoms with van der Waals surface area (Å²) in [7, 11) is 0. The molecule has 2 heterocycles. The van der Waals surface area contributed by atoms with Crippen molar-refractivity contribution < 1.29 is 0 Å². The minimum Gasteiger partial charge on any atom is -0.292 e. The molecule has 2 rings (SSSR count). The number of aromatic nitrogens is 2. The van der Waals surface area contributed by atoms with Gasteiger partial charge < -0.3 is 0 Å². The monoisotopic (exact) mass is 211 g/mol. The van der Waals surface area contributed by atoms with Crippen LogP contribution in [0.2, 0.25) is 0 Å². The Balaban J connectivity index is 2.17. The summed E-state index contributed by atoms with van der Waals surface area (Å²) < 4.78 is 0. The topological polar surface area (TPSA) is 29.0 Å². The van der Waals surface area contributed by atoms with E-state index in [0.29, 0.717) is 12.1 Å². The maximum Gasteiger partial charge on any atom is 0.134 e. The first-order valence-corrected chi connectivity index (χ1v) is 6.06. The van der Waals surface area contributed by atoms with Crippen LogP contribution < -0.4 is 0 Å². The van der Waals surface area contributed by atoms with E-state index in [2.05, 4.69) is 28.9 Å². The van der Waals surface area contributed by atoms with Gasteiger partial charge >= 0.3 is 0 Å². The van der Waals surface area contributed by atoms with Crippen molar-refractivity contribution in [2.75, 3.05) is 6.54 Å². The third-order valence-corrected chi connectivity index (χ3v) is 3.72. The Kier molecular flexibility index (Phi) is 2.83. The van der Waals surface area contributed by atoms with Gasteiger partial charge in [-0.3, -0.25) is 4.90 Å². The largest absolute Gasteiger partial charge is 0.292 e. The van der Waals surface area contributed by atoms with Gasteiger partial charge in [0.05, 0.1) is 6.04 Å². The van der Waals surface area contributed by atoms with Crippen molar-refractivity contribution in [3.8, 4) is 0 Å². The molecule has 78 valence electrons. The summed E-state index contributed by atoms with van der Waals surface area (Å²) in [5.74, 6) is 0. The SMILES string of the molecule is Cc1nnc(C2CCCN2C(C)C)s1. The van der Waals surface area contributed by atoms with Crippen LogP contribution in [0.15, 0.2) is 0 Å². The predicted octanol–water partition coefficient (Wildman–Crippen LogP) is 2.39. The summed E-state index contributed by atoms with van der Waals surface area (Å²) in [6.07, 6.45) is 2.54. The fourth-order valence-electron chi connectivity index (χ4n) is 2.12. The molecule has 1 saturated heterocycles.